The summed E-state index contributed by atoms with van der Waals surface area (Å²) >= 11 is 0. The van der Waals surface area contributed by atoms with Crippen molar-refractivity contribution in [3.8, 4) is 5.88 Å². The van der Waals surface area contributed by atoms with Crippen molar-refractivity contribution in [2.24, 2.45) is 5.92 Å². The minimum Gasteiger partial charge on any atom is -0.481 e. The number of hydrogen-bond acceptors (Lipinski definition) is 4. The van der Waals surface area contributed by atoms with Gasteiger partial charge < -0.3 is 15.2 Å². The molecule has 0 saturated heterocycles. The zero-order valence-electron chi connectivity index (χ0n) is 15.2. The molecule has 7 heteroatoms. The van der Waals surface area contributed by atoms with Gasteiger partial charge in [-0.05, 0) is 31.2 Å². The molecule has 1 saturated carbocycles. The fourth-order valence-corrected chi connectivity index (χ4v) is 2.92. The summed E-state index contributed by atoms with van der Waals surface area (Å²) < 4.78 is 31.7. The first kappa shape index (κ1) is 20.3. The predicted molar refractivity (Wildman–Crippen MR) is 95.4 cm³/mol. The van der Waals surface area contributed by atoms with Gasteiger partial charge in [-0.1, -0.05) is 19.1 Å². The standard InChI is InChI=1S/C19H26F2N2O3/c1-3-16(12-24)23-17(25)15-10-14(18(26-2)22-11-15)5-4-13-6-8-19(20,21)9-7-13/h4-5,10-11,13,16,24H,3,6-9,12H2,1-2H3,(H,23,25)/b5-4+/t16-/m1/s1. The monoisotopic (exact) mass is 368 g/mol. The molecule has 0 aromatic carbocycles. The van der Waals surface area contributed by atoms with Crippen molar-refractivity contribution in [1.82, 2.24) is 10.3 Å². The molecule has 1 aromatic rings. The molecule has 1 fully saturated rings. The molecule has 0 spiro atoms. The fraction of sp³-hybridized carbons (Fsp3) is 0.579. The minimum atomic E-state index is -2.55. The number of aromatic nitrogens is 1. The van der Waals surface area contributed by atoms with Gasteiger partial charge in [0.2, 0.25) is 11.8 Å². The van der Waals surface area contributed by atoms with Gasteiger partial charge in [0.25, 0.3) is 5.91 Å². The number of amides is 1. The van der Waals surface area contributed by atoms with Crippen LogP contribution < -0.4 is 10.1 Å². The van der Waals surface area contributed by atoms with Crippen LogP contribution in [0.2, 0.25) is 0 Å². The van der Waals surface area contributed by atoms with E-state index in [4.69, 9.17) is 4.74 Å². The summed E-state index contributed by atoms with van der Waals surface area (Å²) in [6.45, 7) is 1.74. The number of aliphatic hydroxyl groups is 1. The van der Waals surface area contributed by atoms with E-state index in [-0.39, 0.29) is 37.3 Å². The van der Waals surface area contributed by atoms with Gasteiger partial charge in [0.1, 0.15) is 0 Å². The Morgan fingerprint density at radius 3 is 2.77 bits per heavy atom. The lowest BCUT2D eigenvalue weighted by Crippen LogP contribution is -2.37. The molecule has 1 amide bonds. The molecule has 0 aliphatic heterocycles. The maximum absolute atomic E-state index is 13.2. The zero-order valence-corrected chi connectivity index (χ0v) is 15.2. The van der Waals surface area contributed by atoms with Crippen molar-refractivity contribution in [3.05, 3.63) is 29.5 Å². The minimum absolute atomic E-state index is 0.0793. The number of nitrogens with zero attached hydrogens (tertiary/aromatic N) is 1. The second-order valence-corrected chi connectivity index (χ2v) is 6.64. The van der Waals surface area contributed by atoms with Crippen LogP contribution in [0.5, 0.6) is 5.88 Å². The van der Waals surface area contributed by atoms with Gasteiger partial charge in [0.15, 0.2) is 0 Å². The second kappa shape index (κ2) is 9.07. The van der Waals surface area contributed by atoms with Gasteiger partial charge in [0, 0.05) is 24.6 Å². The average molecular weight is 368 g/mol. The quantitative estimate of drug-likeness (QED) is 0.773. The van der Waals surface area contributed by atoms with E-state index in [0.29, 0.717) is 36.3 Å². The van der Waals surface area contributed by atoms with Gasteiger partial charge in [-0.2, -0.15) is 0 Å². The normalized spacial score (nSPS) is 18.7. The number of carbonyl (C=O) groups is 1. The Balaban J connectivity index is 2.11. The summed E-state index contributed by atoms with van der Waals surface area (Å²) in [4.78, 5) is 16.4. The predicted octanol–water partition coefficient (Wildman–Crippen LogP) is 3.43. The summed E-state index contributed by atoms with van der Waals surface area (Å²) in [6.07, 6.45) is 6.38. The van der Waals surface area contributed by atoms with Crippen LogP contribution >= 0.6 is 0 Å². The lowest BCUT2D eigenvalue weighted by atomic mass is 9.86. The van der Waals surface area contributed by atoms with E-state index >= 15 is 0 Å². The van der Waals surface area contributed by atoms with Crippen molar-refractivity contribution in [3.63, 3.8) is 0 Å². The third kappa shape index (κ3) is 5.49. The van der Waals surface area contributed by atoms with Gasteiger partial charge in [-0.25, -0.2) is 13.8 Å². The van der Waals surface area contributed by atoms with Crippen LogP contribution in [0.15, 0.2) is 18.3 Å². The van der Waals surface area contributed by atoms with Crippen LogP contribution in [0.3, 0.4) is 0 Å². The number of pyridine rings is 1. The first-order chi connectivity index (χ1) is 12.4. The fourth-order valence-electron chi connectivity index (χ4n) is 2.92. The Morgan fingerprint density at radius 2 is 2.19 bits per heavy atom. The van der Waals surface area contributed by atoms with Gasteiger partial charge >= 0.3 is 0 Å². The Bertz CT molecular complexity index is 636. The van der Waals surface area contributed by atoms with E-state index in [2.05, 4.69) is 10.3 Å². The average Bonchev–Trinajstić information content (AvgIpc) is 2.64. The zero-order chi connectivity index (χ0) is 19.2. The van der Waals surface area contributed by atoms with E-state index in [0.717, 1.165) is 0 Å². The van der Waals surface area contributed by atoms with E-state index in [1.165, 1.54) is 13.3 Å². The number of aliphatic hydroxyl groups excluding tert-OH is 1. The summed E-state index contributed by atoms with van der Waals surface area (Å²) in [5.74, 6) is -2.43. The van der Waals surface area contributed by atoms with Crippen LogP contribution in [0.4, 0.5) is 8.78 Å². The van der Waals surface area contributed by atoms with E-state index in [9.17, 15) is 18.7 Å². The lowest BCUT2D eigenvalue weighted by Gasteiger charge is -2.26. The van der Waals surface area contributed by atoms with Crippen molar-refractivity contribution in [1.29, 1.82) is 0 Å². The number of rotatable bonds is 7. The SMILES string of the molecule is CC[C@H](CO)NC(=O)c1cnc(OC)c(/C=C/C2CCC(F)(F)CC2)c1. The summed E-state index contributed by atoms with van der Waals surface area (Å²) in [5.41, 5.74) is 0.974. The molecule has 144 valence electrons. The first-order valence-corrected chi connectivity index (χ1v) is 8.90. The highest BCUT2D eigenvalue weighted by Gasteiger charge is 2.33. The number of allylic oxidation sites excluding steroid dienone is 1. The second-order valence-electron chi connectivity index (χ2n) is 6.64. The van der Waals surface area contributed by atoms with E-state index in [1.807, 2.05) is 13.0 Å². The smallest absolute Gasteiger partial charge is 0.253 e. The molecule has 2 rings (SSSR count). The molecule has 5 nitrogen and oxygen atoms in total. The Morgan fingerprint density at radius 1 is 1.50 bits per heavy atom. The summed E-state index contributed by atoms with van der Waals surface area (Å²) in [6, 6.07) is 1.34. The lowest BCUT2D eigenvalue weighted by molar-refractivity contribution is -0.0410. The Kier molecular flexibility index (Phi) is 7.08. The van der Waals surface area contributed by atoms with Crippen LogP contribution in [-0.4, -0.2) is 41.7 Å². The topological polar surface area (TPSA) is 71.5 Å². The molecular formula is C19H26F2N2O3. The molecule has 1 aromatic heterocycles. The Labute approximate surface area is 152 Å². The molecular weight excluding hydrogens is 342 g/mol. The molecule has 0 unspecified atom stereocenters. The summed E-state index contributed by atoms with van der Waals surface area (Å²) in [5, 5.41) is 11.9. The number of ether oxygens (including phenoxy) is 1. The Hall–Kier alpha value is -2.02. The van der Waals surface area contributed by atoms with E-state index in [1.54, 1.807) is 12.1 Å². The molecule has 2 N–H and O–H groups in total. The van der Waals surface area contributed by atoms with Gasteiger partial charge in [-0.15, -0.1) is 0 Å². The van der Waals surface area contributed by atoms with Crippen molar-refractivity contribution in [2.45, 2.75) is 51.0 Å². The molecule has 26 heavy (non-hydrogen) atoms. The third-order valence-electron chi connectivity index (χ3n) is 4.69. The van der Waals surface area contributed by atoms with Crippen molar-refractivity contribution in [2.75, 3.05) is 13.7 Å². The van der Waals surface area contributed by atoms with E-state index < -0.39 is 5.92 Å². The highest BCUT2D eigenvalue weighted by Crippen LogP contribution is 2.37. The number of methoxy groups -OCH3 is 1. The third-order valence-corrected chi connectivity index (χ3v) is 4.69. The molecule has 1 atom stereocenters. The molecule has 0 bridgehead atoms. The number of alkyl halides is 2. The van der Waals surface area contributed by atoms with Crippen molar-refractivity contribution < 1.29 is 23.4 Å². The van der Waals surface area contributed by atoms with Crippen LogP contribution in [0, 0.1) is 5.92 Å². The van der Waals surface area contributed by atoms with Gasteiger partial charge in [-0.3, -0.25) is 4.79 Å². The van der Waals surface area contributed by atoms with Crippen LogP contribution in [-0.2, 0) is 0 Å². The molecule has 0 radical (unpaired) electrons. The summed E-state index contributed by atoms with van der Waals surface area (Å²) in [7, 11) is 1.49. The maximum Gasteiger partial charge on any atom is 0.253 e. The molecule has 1 aliphatic carbocycles. The molecule has 1 aliphatic rings. The van der Waals surface area contributed by atoms with Crippen LogP contribution in [0.1, 0.15) is 54.9 Å². The largest absolute Gasteiger partial charge is 0.481 e. The highest BCUT2D eigenvalue weighted by molar-refractivity contribution is 5.94. The number of carbonyl (C=O) groups excluding carboxylic acids is 1. The highest BCUT2D eigenvalue weighted by atomic mass is 19.3. The van der Waals surface area contributed by atoms with Gasteiger partial charge in [0.05, 0.1) is 25.3 Å². The number of hydrogen-bond donors (Lipinski definition) is 2. The first-order valence-electron chi connectivity index (χ1n) is 8.90. The molecule has 1 heterocycles. The van der Waals surface area contributed by atoms with Crippen LogP contribution in [0.25, 0.3) is 6.08 Å². The number of nitrogens with one attached hydrogen (secondary N) is 1. The maximum atomic E-state index is 13.2. The van der Waals surface area contributed by atoms with Crippen molar-refractivity contribution >= 4 is 12.0 Å². The number of halogens is 2.